The fraction of sp³-hybridized carbons (Fsp3) is 0.200. The first-order valence-electron chi connectivity index (χ1n) is 6.47. The lowest BCUT2D eigenvalue weighted by Gasteiger charge is -2.13. The molecule has 0 saturated heterocycles. The molecule has 6 heteroatoms. The Balaban J connectivity index is 1.84. The number of hydrogen-bond donors (Lipinski definition) is 2. The van der Waals surface area contributed by atoms with Gasteiger partial charge in [-0.2, -0.15) is 0 Å². The van der Waals surface area contributed by atoms with Crippen molar-refractivity contribution < 1.29 is 9.13 Å². The van der Waals surface area contributed by atoms with E-state index in [9.17, 15) is 4.39 Å². The predicted molar refractivity (Wildman–Crippen MR) is 94.2 cm³/mol. The maximum Gasteiger partial charge on any atom is 0.138 e. The smallest absolute Gasteiger partial charge is 0.138 e. The Bertz CT molecular complexity index is 709. The van der Waals surface area contributed by atoms with Gasteiger partial charge in [0, 0.05) is 29.1 Å². The highest BCUT2D eigenvalue weighted by atomic mass is 127. The Morgan fingerprint density at radius 3 is 2.95 bits per heavy atom. The monoisotopic (exact) mass is 462 g/mol. The van der Waals surface area contributed by atoms with Gasteiger partial charge in [0.15, 0.2) is 0 Å². The zero-order valence-corrected chi connectivity index (χ0v) is 14.8. The minimum absolute atomic E-state index is 0.275. The SMILES string of the molecule is Nc1cc(I)c(F)cc1NCc1cc(Br)cc2c1OCC2. The predicted octanol–water partition coefficient (Wildman–Crippen LogP) is 4.32. The zero-order chi connectivity index (χ0) is 15.0. The lowest BCUT2D eigenvalue weighted by atomic mass is 10.1. The fourth-order valence-electron chi connectivity index (χ4n) is 2.38. The Labute approximate surface area is 144 Å². The average molecular weight is 463 g/mol. The maximum atomic E-state index is 13.6. The van der Waals surface area contributed by atoms with E-state index in [0.29, 0.717) is 28.1 Å². The van der Waals surface area contributed by atoms with Crippen molar-refractivity contribution in [3.8, 4) is 5.75 Å². The van der Waals surface area contributed by atoms with E-state index >= 15 is 0 Å². The van der Waals surface area contributed by atoms with E-state index in [1.807, 2.05) is 28.7 Å². The van der Waals surface area contributed by atoms with Crippen molar-refractivity contribution in [1.82, 2.24) is 0 Å². The Kier molecular flexibility index (Phi) is 4.26. The quantitative estimate of drug-likeness (QED) is 0.527. The topological polar surface area (TPSA) is 47.3 Å². The first-order valence-corrected chi connectivity index (χ1v) is 8.34. The molecule has 0 aromatic heterocycles. The van der Waals surface area contributed by atoms with Crippen molar-refractivity contribution in [2.75, 3.05) is 17.7 Å². The molecule has 21 heavy (non-hydrogen) atoms. The molecule has 1 aliphatic heterocycles. The maximum absolute atomic E-state index is 13.6. The second kappa shape index (κ2) is 6.00. The third-order valence-electron chi connectivity index (χ3n) is 3.39. The molecule has 110 valence electrons. The molecule has 0 saturated carbocycles. The highest BCUT2D eigenvalue weighted by Gasteiger charge is 2.17. The van der Waals surface area contributed by atoms with Crippen LogP contribution in [-0.2, 0) is 13.0 Å². The van der Waals surface area contributed by atoms with Crippen LogP contribution in [0.3, 0.4) is 0 Å². The summed E-state index contributed by atoms with van der Waals surface area (Å²) in [6, 6.07) is 7.14. The summed E-state index contributed by atoms with van der Waals surface area (Å²) in [7, 11) is 0. The van der Waals surface area contributed by atoms with Gasteiger partial charge in [-0.1, -0.05) is 15.9 Å². The van der Waals surface area contributed by atoms with Gasteiger partial charge in [-0.05, 0) is 46.4 Å². The molecule has 0 unspecified atom stereocenters. The minimum atomic E-state index is -0.275. The van der Waals surface area contributed by atoms with E-state index in [4.69, 9.17) is 10.5 Å². The summed E-state index contributed by atoms with van der Waals surface area (Å²) in [5.74, 6) is 0.651. The number of anilines is 2. The summed E-state index contributed by atoms with van der Waals surface area (Å²) in [5, 5.41) is 3.19. The van der Waals surface area contributed by atoms with Gasteiger partial charge in [0.05, 0.1) is 21.6 Å². The van der Waals surface area contributed by atoms with Gasteiger partial charge in [0.25, 0.3) is 0 Å². The van der Waals surface area contributed by atoms with Crippen LogP contribution in [0, 0.1) is 9.39 Å². The molecule has 3 rings (SSSR count). The highest BCUT2D eigenvalue weighted by molar-refractivity contribution is 14.1. The summed E-state index contributed by atoms with van der Waals surface area (Å²) in [4.78, 5) is 0. The number of nitrogens with two attached hydrogens (primary N) is 1. The zero-order valence-electron chi connectivity index (χ0n) is 11.1. The van der Waals surface area contributed by atoms with Crippen molar-refractivity contribution in [1.29, 1.82) is 0 Å². The molecule has 0 spiro atoms. The van der Waals surface area contributed by atoms with Gasteiger partial charge in [0.1, 0.15) is 11.6 Å². The van der Waals surface area contributed by atoms with Gasteiger partial charge in [-0.25, -0.2) is 4.39 Å². The minimum Gasteiger partial charge on any atom is -0.493 e. The molecule has 3 N–H and O–H groups in total. The molecule has 2 aromatic rings. The number of benzene rings is 2. The summed E-state index contributed by atoms with van der Waals surface area (Å²) in [5.41, 5.74) is 9.29. The van der Waals surface area contributed by atoms with E-state index in [-0.39, 0.29) is 5.82 Å². The van der Waals surface area contributed by atoms with Crippen molar-refractivity contribution in [3.05, 3.63) is 49.3 Å². The number of ether oxygens (including phenoxy) is 1. The molecule has 1 heterocycles. The summed E-state index contributed by atoms with van der Waals surface area (Å²) >= 11 is 5.43. The molecular weight excluding hydrogens is 450 g/mol. The van der Waals surface area contributed by atoms with Gasteiger partial charge < -0.3 is 15.8 Å². The Morgan fingerprint density at radius 2 is 2.14 bits per heavy atom. The van der Waals surface area contributed by atoms with Crippen LogP contribution < -0.4 is 15.8 Å². The van der Waals surface area contributed by atoms with Crippen LogP contribution in [0.5, 0.6) is 5.75 Å². The largest absolute Gasteiger partial charge is 0.493 e. The molecule has 0 fully saturated rings. The summed E-state index contributed by atoms with van der Waals surface area (Å²) in [6.07, 6.45) is 0.919. The summed E-state index contributed by atoms with van der Waals surface area (Å²) in [6.45, 7) is 1.24. The van der Waals surface area contributed by atoms with Crippen LogP contribution in [0.25, 0.3) is 0 Å². The van der Waals surface area contributed by atoms with Crippen molar-refractivity contribution in [2.24, 2.45) is 0 Å². The van der Waals surface area contributed by atoms with E-state index < -0.39 is 0 Å². The molecule has 1 aliphatic rings. The molecule has 0 amide bonds. The molecule has 0 radical (unpaired) electrons. The average Bonchev–Trinajstić information content (AvgIpc) is 2.89. The molecule has 2 aromatic carbocycles. The van der Waals surface area contributed by atoms with Crippen LogP contribution in [0.2, 0.25) is 0 Å². The van der Waals surface area contributed by atoms with Gasteiger partial charge >= 0.3 is 0 Å². The lowest BCUT2D eigenvalue weighted by molar-refractivity contribution is 0.354. The molecule has 0 aliphatic carbocycles. The molecule has 0 atom stereocenters. The lowest BCUT2D eigenvalue weighted by Crippen LogP contribution is -2.05. The van der Waals surface area contributed by atoms with Crippen molar-refractivity contribution >= 4 is 49.9 Å². The summed E-state index contributed by atoms with van der Waals surface area (Å²) < 4.78 is 20.8. The van der Waals surface area contributed by atoms with E-state index in [1.54, 1.807) is 6.07 Å². The van der Waals surface area contributed by atoms with Crippen LogP contribution in [0.1, 0.15) is 11.1 Å². The molecular formula is C15H13BrFIN2O. The van der Waals surface area contributed by atoms with E-state index in [0.717, 1.165) is 22.2 Å². The number of halogens is 3. The van der Waals surface area contributed by atoms with E-state index in [2.05, 4.69) is 27.3 Å². The number of hydrogen-bond acceptors (Lipinski definition) is 3. The Morgan fingerprint density at radius 1 is 1.33 bits per heavy atom. The number of nitrogens with one attached hydrogen (secondary N) is 1. The van der Waals surface area contributed by atoms with Crippen LogP contribution in [0.15, 0.2) is 28.7 Å². The van der Waals surface area contributed by atoms with Crippen LogP contribution >= 0.6 is 38.5 Å². The standard InChI is InChI=1S/C15H13BrFIN2O/c16-10-3-8-1-2-21-15(8)9(4-10)7-20-14-5-11(17)12(18)6-13(14)19/h3-6,20H,1-2,7,19H2. The molecule has 3 nitrogen and oxygen atoms in total. The van der Waals surface area contributed by atoms with E-state index in [1.165, 1.54) is 11.6 Å². The second-order valence-corrected chi connectivity index (χ2v) is 6.94. The number of fused-ring (bicyclic) bond motifs is 1. The third-order valence-corrected chi connectivity index (χ3v) is 4.67. The second-order valence-electron chi connectivity index (χ2n) is 4.86. The first-order chi connectivity index (χ1) is 10.0. The Hall–Kier alpha value is -1.02. The van der Waals surface area contributed by atoms with Gasteiger partial charge in [0.2, 0.25) is 0 Å². The highest BCUT2D eigenvalue weighted by Crippen LogP contribution is 2.34. The fourth-order valence-corrected chi connectivity index (χ4v) is 3.43. The van der Waals surface area contributed by atoms with Gasteiger partial charge in [-0.15, -0.1) is 0 Å². The number of rotatable bonds is 3. The third kappa shape index (κ3) is 3.11. The van der Waals surface area contributed by atoms with Crippen molar-refractivity contribution in [3.63, 3.8) is 0 Å². The first kappa shape index (κ1) is 14.9. The van der Waals surface area contributed by atoms with Crippen LogP contribution in [0.4, 0.5) is 15.8 Å². The number of nitrogen functional groups attached to an aromatic ring is 1. The van der Waals surface area contributed by atoms with Crippen molar-refractivity contribution in [2.45, 2.75) is 13.0 Å². The molecule has 0 bridgehead atoms. The van der Waals surface area contributed by atoms with Gasteiger partial charge in [-0.3, -0.25) is 0 Å². The van der Waals surface area contributed by atoms with Crippen LogP contribution in [-0.4, -0.2) is 6.61 Å². The normalized spacial score (nSPS) is 12.9.